The van der Waals surface area contributed by atoms with Gasteiger partial charge in [-0.25, -0.2) is 4.79 Å². The molecule has 6 heteroatoms. The van der Waals surface area contributed by atoms with Crippen LogP contribution in [-0.2, 0) is 16.1 Å². The molecule has 1 N–H and O–H groups in total. The molecule has 132 valence electrons. The van der Waals surface area contributed by atoms with Gasteiger partial charge in [0.15, 0.2) is 0 Å². The fourth-order valence-corrected chi connectivity index (χ4v) is 3.08. The molecule has 1 unspecified atom stereocenters. The van der Waals surface area contributed by atoms with Crippen LogP contribution in [0.4, 0.5) is 4.79 Å². The van der Waals surface area contributed by atoms with Crippen molar-refractivity contribution in [1.29, 1.82) is 0 Å². The Balaban J connectivity index is 1.75. The van der Waals surface area contributed by atoms with Crippen molar-refractivity contribution in [3.05, 3.63) is 35.9 Å². The first-order chi connectivity index (χ1) is 11.5. The summed E-state index contributed by atoms with van der Waals surface area (Å²) in [6.07, 6.45) is 2.31. The molecular formula is C18H25ClN2O3. The Kier molecular flexibility index (Phi) is 6.91. The number of nitrogens with zero attached hydrogens (tertiary/aromatic N) is 1. The Labute approximate surface area is 148 Å². The number of alkyl halides is 1. The maximum atomic E-state index is 11.9. The Morgan fingerprint density at radius 2 is 2.00 bits per heavy atom. The smallest absolute Gasteiger partial charge is 0.407 e. The van der Waals surface area contributed by atoms with Crippen molar-refractivity contribution in [3.8, 4) is 0 Å². The summed E-state index contributed by atoms with van der Waals surface area (Å²) >= 11 is 5.63. The maximum Gasteiger partial charge on any atom is 0.407 e. The molecule has 1 saturated heterocycles. The lowest BCUT2D eigenvalue weighted by Gasteiger charge is -2.28. The zero-order chi connectivity index (χ0) is 17.4. The summed E-state index contributed by atoms with van der Waals surface area (Å²) in [5.74, 6) is 0.0111. The lowest BCUT2D eigenvalue weighted by atomic mass is 9.83. The van der Waals surface area contributed by atoms with E-state index in [1.807, 2.05) is 35.2 Å². The topological polar surface area (TPSA) is 58.6 Å². The van der Waals surface area contributed by atoms with Crippen LogP contribution in [0.3, 0.4) is 0 Å². The quantitative estimate of drug-likeness (QED) is 0.828. The van der Waals surface area contributed by atoms with Gasteiger partial charge in [-0.15, -0.1) is 11.6 Å². The van der Waals surface area contributed by atoms with Gasteiger partial charge in [0, 0.05) is 19.6 Å². The van der Waals surface area contributed by atoms with Crippen molar-refractivity contribution in [3.63, 3.8) is 0 Å². The van der Waals surface area contributed by atoms with Gasteiger partial charge >= 0.3 is 6.09 Å². The van der Waals surface area contributed by atoms with E-state index in [1.54, 1.807) is 0 Å². The van der Waals surface area contributed by atoms with Crippen molar-refractivity contribution in [1.82, 2.24) is 10.2 Å². The van der Waals surface area contributed by atoms with Crippen molar-refractivity contribution in [2.45, 2.75) is 32.8 Å². The van der Waals surface area contributed by atoms with Gasteiger partial charge < -0.3 is 15.0 Å². The SMILES string of the molecule is CC1(CNC(=O)OCc2ccccc2)CCCN(C(=O)CCl)CC1. The highest BCUT2D eigenvalue weighted by Gasteiger charge is 2.29. The average Bonchev–Trinajstić information content (AvgIpc) is 2.81. The van der Waals surface area contributed by atoms with E-state index in [-0.39, 0.29) is 23.8 Å². The molecule has 1 aliphatic rings. The summed E-state index contributed by atoms with van der Waals surface area (Å²) in [6, 6.07) is 9.59. The highest BCUT2D eigenvalue weighted by Crippen LogP contribution is 2.30. The third kappa shape index (κ3) is 5.71. The molecule has 0 bridgehead atoms. The Hall–Kier alpha value is -1.75. The number of nitrogens with one attached hydrogen (secondary N) is 1. The van der Waals surface area contributed by atoms with Gasteiger partial charge in [0.2, 0.25) is 5.91 Å². The van der Waals surface area contributed by atoms with Gasteiger partial charge in [-0.1, -0.05) is 37.3 Å². The fraction of sp³-hybridized carbons (Fsp3) is 0.556. The number of carbonyl (C=O) groups excluding carboxylic acids is 2. The molecule has 1 aromatic rings. The summed E-state index contributed by atoms with van der Waals surface area (Å²) in [6.45, 7) is 4.37. The standard InChI is InChI=1S/C18H25ClN2O3/c1-18(8-5-10-21(11-9-18)16(22)12-19)14-20-17(23)24-13-15-6-3-2-4-7-15/h2-4,6-7H,5,8-14H2,1H3,(H,20,23). The molecule has 2 amide bonds. The molecule has 0 saturated carbocycles. The van der Waals surface area contributed by atoms with Gasteiger partial charge in [-0.3, -0.25) is 4.79 Å². The molecule has 24 heavy (non-hydrogen) atoms. The van der Waals surface area contributed by atoms with Crippen LogP contribution in [0.25, 0.3) is 0 Å². The highest BCUT2D eigenvalue weighted by atomic mass is 35.5. The van der Waals surface area contributed by atoms with Gasteiger partial charge in [-0.2, -0.15) is 0 Å². The third-order valence-electron chi connectivity index (χ3n) is 4.53. The molecule has 1 heterocycles. The second-order valence-corrected chi connectivity index (χ2v) is 6.86. The molecular weight excluding hydrogens is 328 g/mol. The molecule has 0 spiro atoms. The zero-order valence-corrected chi connectivity index (χ0v) is 14.8. The monoisotopic (exact) mass is 352 g/mol. The first-order valence-electron chi connectivity index (χ1n) is 8.31. The van der Waals surface area contributed by atoms with Crippen LogP contribution in [0.5, 0.6) is 0 Å². The van der Waals surface area contributed by atoms with E-state index in [0.29, 0.717) is 13.1 Å². The molecule has 1 aromatic carbocycles. The van der Waals surface area contributed by atoms with Crippen molar-refractivity contribution < 1.29 is 14.3 Å². The van der Waals surface area contributed by atoms with E-state index in [4.69, 9.17) is 16.3 Å². The number of ether oxygens (including phenoxy) is 1. The largest absolute Gasteiger partial charge is 0.445 e. The Morgan fingerprint density at radius 1 is 1.25 bits per heavy atom. The molecule has 1 fully saturated rings. The highest BCUT2D eigenvalue weighted by molar-refractivity contribution is 6.27. The van der Waals surface area contributed by atoms with Crippen molar-refractivity contribution in [2.24, 2.45) is 5.41 Å². The number of likely N-dealkylation sites (tertiary alicyclic amines) is 1. The summed E-state index contributed by atoms with van der Waals surface area (Å²) in [5.41, 5.74) is 0.927. The van der Waals surface area contributed by atoms with Crippen LogP contribution in [0, 0.1) is 5.41 Å². The minimum Gasteiger partial charge on any atom is -0.445 e. The van der Waals surface area contributed by atoms with Crippen molar-refractivity contribution in [2.75, 3.05) is 25.5 Å². The number of amides is 2. The molecule has 0 radical (unpaired) electrons. The van der Waals surface area contributed by atoms with E-state index in [2.05, 4.69) is 12.2 Å². The summed E-state index contributed by atoms with van der Waals surface area (Å²) in [4.78, 5) is 25.4. The second-order valence-electron chi connectivity index (χ2n) is 6.59. The lowest BCUT2D eigenvalue weighted by Crippen LogP contribution is -2.37. The van der Waals surface area contributed by atoms with E-state index in [0.717, 1.165) is 31.4 Å². The van der Waals surface area contributed by atoms with Crippen molar-refractivity contribution >= 4 is 23.6 Å². The first kappa shape index (κ1) is 18.6. The summed E-state index contributed by atoms with van der Waals surface area (Å²) in [7, 11) is 0. The molecule has 0 aromatic heterocycles. The van der Waals surface area contributed by atoms with Crippen LogP contribution in [0.15, 0.2) is 30.3 Å². The van der Waals surface area contributed by atoms with E-state index >= 15 is 0 Å². The number of hydrogen-bond acceptors (Lipinski definition) is 3. The van der Waals surface area contributed by atoms with E-state index in [1.165, 1.54) is 0 Å². The predicted molar refractivity (Wildman–Crippen MR) is 93.9 cm³/mol. The van der Waals surface area contributed by atoms with Gasteiger partial charge in [-0.05, 0) is 30.2 Å². The van der Waals surface area contributed by atoms with Crippen LogP contribution >= 0.6 is 11.6 Å². The minimum absolute atomic E-state index is 0.0175. The lowest BCUT2D eigenvalue weighted by molar-refractivity contribution is -0.128. The zero-order valence-electron chi connectivity index (χ0n) is 14.1. The van der Waals surface area contributed by atoms with E-state index in [9.17, 15) is 9.59 Å². The number of rotatable bonds is 5. The number of benzene rings is 1. The maximum absolute atomic E-state index is 11.9. The summed E-state index contributed by atoms with van der Waals surface area (Å²) in [5, 5.41) is 2.86. The van der Waals surface area contributed by atoms with Crippen LogP contribution in [0.1, 0.15) is 31.7 Å². The number of hydrogen-bond donors (Lipinski definition) is 1. The molecule has 1 atom stereocenters. The fourth-order valence-electron chi connectivity index (χ4n) is 2.91. The normalized spacial score (nSPS) is 21.0. The first-order valence-corrected chi connectivity index (χ1v) is 8.84. The molecule has 5 nitrogen and oxygen atoms in total. The Morgan fingerprint density at radius 3 is 2.71 bits per heavy atom. The third-order valence-corrected chi connectivity index (χ3v) is 4.76. The van der Waals surface area contributed by atoms with Crippen LogP contribution in [-0.4, -0.2) is 42.4 Å². The minimum atomic E-state index is -0.405. The molecule has 2 rings (SSSR count). The Bertz CT molecular complexity index is 552. The number of carbonyl (C=O) groups is 2. The van der Waals surface area contributed by atoms with Gasteiger partial charge in [0.25, 0.3) is 0 Å². The molecule has 1 aliphatic heterocycles. The number of halogens is 1. The average molecular weight is 353 g/mol. The van der Waals surface area contributed by atoms with Crippen LogP contribution in [0.2, 0.25) is 0 Å². The van der Waals surface area contributed by atoms with E-state index < -0.39 is 6.09 Å². The van der Waals surface area contributed by atoms with Crippen LogP contribution < -0.4 is 5.32 Å². The second kappa shape index (κ2) is 8.92. The molecule has 0 aliphatic carbocycles. The predicted octanol–water partition coefficient (Wildman–Crippen LogP) is 3.17. The number of alkyl carbamates (subject to hydrolysis) is 1. The van der Waals surface area contributed by atoms with Gasteiger partial charge in [0.1, 0.15) is 12.5 Å². The van der Waals surface area contributed by atoms with Gasteiger partial charge in [0.05, 0.1) is 0 Å². The summed E-state index contributed by atoms with van der Waals surface area (Å²) < 4.78 is 5.24.